The van der Waals surface area contributed by atoms with Crippen LogP contribution in [0.25, 0.3) is 11.3 Å². The van der Waals surface area contributed by atoms with E-state index in [2.05, 4.69) is 34.4 Å². The van der Waals surface area contributed by atoms with Crippen molar-refractivity contribution >= 4 is 17.4 Å². The maximum Gasteiger partial charge on any atom is 0.251 e. The molecule has 3 rings (SSSR count). The Morgan fingerprint density at radius 2 is 1.86 bits per heavy atom. The summed E-state index contributed by atoms with van der Waals surface area (Å²) >= 11 is 0. The molecule has 3 aromatic rings. The zero-order chi connectivity index (χ0) is 19.9. The zero-order valence-electron chi connectivity index (χ0n) is 15.9. The van der Waals surface area contributed by atoms with Gasteiger partial charge in [0.05, 0.1) is 5.69 Å². The van der Waals surface area contributed by atoms with Gasteiger partial charge in [-0.15, -0.1) is 0 Å². The first-order chi connectivity index (χ1) is 13.5. The second-order valence-electron chi connectivity index (χ2n) is 6.94. The Morgan fingerprint density at radius 3 is 2.57 bits per heavy atom. The van der Waals surface area contributed by atoms with Gasteiger partial charge in [-0.05, 0) is 48.7 Å². The fourth-order valence-corrected chi connectivity index (χ4v) is 2.66. The van der Waals surface area contributed by atoms with Crippen molar-refractivity contribution in [2.24, 2.45) is 5.92 Å². The summed E-state index contributed by atoms with van der Waals surface area (Å²) in [5.74, 6) is 0.746. The first kappa shape index (κ1) is 19.5. The van der Waals surface area contributed by atoms with Gasteiger partial charge in [-0.1, -0.05) is 26.0 Å². The number of rotatable bonds is 7. The predicted molar refractivity (Wildman–Crippen MR) is 109 cm³/mol. The molecule has 0 atom stereocenters. The molecule has 6 heteroatoms. The van der Waals surface area contributed by atoms with E-state index in [1.165, 1.54) is 18.5 Å². The van der Waals surface area contributed by atoms with Gasteiger partial charge in [0, 0.05) is 29.4 Å². The standard InChI is InChI=1S/C22H23FN4O/c1-15(2)10-11-24-22(28)16-6-8-19(9-7-16)27-21-13-20(25-14-26-21)17-4-3-5-18(23)12-17/h3-9,12-15H,10-11H2,1-2H3,(H,24,28)(H,25,26,27). The summed E-state index contributed by atoms with van der Waals surface area (Å²) in [7, 11) is 0. The molecule has 2 aromatic carbocycles. The van der Waals surface area contributed by atoms with E-state index in [-0.39, 0.29) is 11.7 Å². The molecule has 0 radical (unpaired) electrons. The molecule has 0 spiro atoms. The summed E-state index contributed by atoms with van der Waals surface area (Å²) in [6, 6.07) is 15.2. The first-order valence-electron chi connectivity index (χ1n) is 9.24. The Labute approximate surface area is 164 Å². The van der Waals surface area contributed by atoms with Crippen molar-refractivity contribution in [1.82, 2.24) is 15.3 Å². The van der Waals surface area contributed by atoms with Crippen LogP contribution in [0.4, 0.5) is 15.9 Å². The van der Waals surface area contributed by atoms with Gasteiger partial charge in [0.1, 0.15) is 18.0 Å². The van der Waals surface area contributed by atoms with Gasteiger partial charge >= 0.3 is 0 Å². The SMILES string of the molecule is CC(C)CCNC(=O)c1ccc(Nc2cc(-c3cccc(F)c3)ncn2)cc1. The van der Waals surface area contributed by atoms with Crippen molar-refractivity contribution in [3.8, 4) is 11.3 Å². The van der Waals surface area contributed by atoms with Gasteiger partial charge in [0.2, 0.25) is 0 Å². The molecule has 0 bridgehead atoms. The molecule has 1 heterocycles. The van der Waals surface area contributed by atoms with Crippen LogP contribution in [0.15, 0.2) is 60.9 Å². The highest BCUT2D eigenvalue weighted by atomic mass is 19.1. The lowest BCUT2D eigenvalue weighted by Gasteiger charge is -2.09. The Hall–Kier alpha value is -3.28. The third-order valence-electron chi connectivity index (χ3n) is 4.21. The van der Waals surface area contributed by atoms with E-state index in [1.54, 1.807) is 30.3 Å². The molecule has 0 aliphatic carbocycles. The molecule has 2 N–H and O–H groups in total. The van der Waals surface area contributed by atoms with Gasteiger partial charge < -0.3 is 10.6 Å². The first-order valence-corrected chi connectivity index (χ1v) is 9.24. The van der Waals surface area contributed by atoms with Gasteiger partial charge in [-0.3, -0.25) is 4.79 Å². The van der Waals surface area contributed by atoms with Crippen LogP contribution < -0.4 is 10.6 Å². The van der Waals surface area contributed by atoms with Crippen LogP contribution in [0.5, 0.6) is 0 Å². The third-order valence-corrected chi connectivity index (χ3v) is 4.21. The number of nitrogens with one attached hydrogen (secondary N) is 2. The Balaban J connectivity index is 1.66. The molecular formula is C22H23FN4O. The number of benzene rings is 2. The lowest BCUT2D eigenvalue weighted by atomic mass is 10.1. The molecule has 0 fully saturated rings. The van der Waals surface area contributed by atoms with E-state index >= 15 is 0 Å². The van der Waals surface area contributed by atoms with E-state index < -0.39 is 0 Å². The van der Waals surface area contributed by atoms with Gasteiger partial charge in [-0.25, -0.2) is 14.4 Å². The van der Waals surface area contributed by atoms with Crippen molar-refractivity contribution in [3.05, 3.63) is 72.3 Å². The molecule has 144 valence electrons. The van der Waals surface area contributed by atoms with Crippen LogP contribution in [0.2, 0.25) is 0 Å². The van der Waals surface area contributed by atoms with Crippen molar-refractivity contribution < 1.29 is 9.18 Å². The van der Waals surface area contributed by atoms with E-state index in [0.717, 1.165) is 12.1 Å². The monoisotopic (exact) mass is 378 g/mol. The molecule has 0 aliphatic heterocycles. The van der Waals surface area contributed by atoms with Gasteiger partial charge in [0.15, 0.2) is 0 Å². The average molecular weight is 378 g/mol. The lowest BCUT2D eigenvalue weighted by molar-refractivity contribution is 0.0952. The van der Waals surface area contributed by atoms with Gasteiger partial charge in [-0.2, -0.15) is 0 Å². The summed E-state index contributed by atoms with van der Waals surface area (Å²) in [5.41, 5.74) is 2.71. The summed E-state index contributed by atoms with van der Waals surface area (Å²) in [6.07, 6.45) is 2.38. The number of hydrogen-bond donors (Lipinski definition) is 2. The highest BCUT2D eigenvalue weighted by Crippen LogP contribution is 2.22. The van der Waals surface area contributed by atoms with Crippen molar-refractivity contribution in [2.45, 2.75) is 20.3 Å². The van der Waals surface area contributed by atoms with E-state index in [1.807, 2.05) is 12.1 Å². The van der Waals surface area contributed by atoms with E-state index in [9.17, 15) is 9.18 Å². The van der Waals surface area contributed by atoms with Crippen molar-refractivity contribution in [2.75, 3.05) is 11.9 Å². The predicted octanol–water partition coefficient (Wildman–Crippen LogP) is 4.80. The fourth-order valence-electron chi connectivity index (χ4n) is 2.66. The summed E-state index contributed by atoms with van der Waals surface area (Å²) in [4.78, 5) is 20.5. The summed E-state index contributed by atoms with van der Waals surface area (Å²) < 4.78 is 13.4. The van der Waals surface area contributed by atoms with Crippen LogP contribution in [0.1, 0.15) is 30.6 Å². The minimum Gasteiger partial charge on any atom is -0.352 e. The smallest absolute Gasteiger partial charge is 0.251 e. The maximum absolute atomic E-state index is 13.4. The fraction of sp³-hybridized carbons (Fsp3) is 0.227. The number of hydrogen-bond acceptors (Lipinski definition) is 4. The van der Waals surface area contributed by atoms with Crippen LogP contribution in [-0.4, -0.2) is 22.4 Å². The average Bonchev–Trinajstić information content (AvgIpc) is 2.68. The number of carbonyl (C=O) groups excluding carboxylic acids is 1. The molecule has 1 amide bonds. The molecule has 0 unspecified atom stereocenters. The lowest BCUT2D eigenvalue weighted by Crippen LogP contribution is -2.25. The normalized spacial score (nSPS) is 10.7. The van der Waals surface area contributed by atoms with E-state index in [0.29, 0.717) is 35.1 Å². The number of anilines is 2. The van der Waals surface area contributed by atoms with Gasteiger partial charge in [0.25, 0.3) is 5.91 Å². The number of halogens is 1. The topological polar surface area (TPSA) is 66.9 Å². The third kappa shape index (κ3) is 5.36. The molecule has 5 nitrogen and oxygen atoms in total. The molecule has 0 aliphatic rings. The minimum absolute atomic E-state index is 0.0809. The highest BCUT2D eigenvalue weighted by Gasteiger charge is 2.07. The number of carbonyl (C=O) groups is 1. The largest absolute Gasteiger partial charge is 0.352 e. The summed E-state index contributed by atoms with van der Waals surface area (Å²) in [5, 5.41) is 6.10. The van der Waals surface area contributed by atoms with E-state index in [4.69, 9.17) is 0 Å². The molecule has 28 heavy (non-hydrogen) atoms. The molecular weight excluding hydrogens is 355 g/mol. The Kier molecular flexibility index (Phi) is 6.32. The second-order valence-corrected chi connectivity index (χ2v) is 6.94. The molecule has 0 saturated carbocycles. The van der Waals surface area contributed by atoms with Crippen LogP contribution in [0, 0.1) is 11.7 Å². The van der Waals surface area contributed by atoms with Crippen LogP contribution in [0.3, 0.4) is 0 Å². The van der Waals surface area contributed by atoms with Crippen LogP contribution in [-0.2, 0) is 0 Å². The summed E-state index contributed by atoms with van der Waals surface area (Å²) in [6.45, 7) is 4.92. The quantitative estimate of drug-likeness (QED) is 0.620. The number of nitrogens with zero attached hydrogens (tertiary/aromatic N) is 2. The highest BCUT2D eigenvalue weighted by molar-refractivity contribution is 5.94. The minimum atomic E-state index is -0.312. The number of amides is 1. The van der Waals surface area contributed by atoms with Crippen molar-refractivity contribution in [3.63, 3.8) is 0 Å². The van der Waals surface area contributed by atoms with Crippen LogP contribution >= 0.6 is 0 Å². The maximum atomic E-state index is 13.4. The Bertz CT molecular complexity index is 941. The molecule has 1 aromatic heterocycles. The zero-order valence-corrected chi connectivity index (χ0v) is 15.9. The number of aromatic nitrogens is 2. The molecule has 0 saturated heterocycles. The van der Waals surface area contributed by atoms with Crippen molar-refractivity contribution in [1.29, 1.82) is 0 Å². The second kappa shape index (κ2) is 9.08. The Morgan fingerprint density at radius 1 is 1.07 bits per heavy atom.